The lowest BCUT2D eigenvalue weighted by Gasteiger charge is -2.06. The molecule has 116 valence electrons. The highest BCUT2D eigenvalue weighted by atomic mass is 16.1. The van der Waals surface area contributed by atoms with Gasteiger partial charge in [-0.25, -0.2) is 4.98 Å². The lowest BCUT2D eigenvalue weighted by atomic mass is 10.1. The van der Waals surface area contributed by atoms with Crippen LogP contribution in [-0.2, 0) is 6.54 Å². The van der Waals surface area contributed by atoms with Gasteiger partial charge in [0.15, 0.2) is 0 Å². The summed E-state index contributed by atoms with van der Waals surface area (Å²) in [5, 5.41) is 2.90. The number of imidazole rings is 1. The molecule has 4 heteroatoms. The third-order valence-electron chi connectivity index (χ3n) is 3.73. The fourth-order valence-electron chi connectivity index (χ4n) is 2.38. The molecule has 0 aliphatic carbocycles. The summed E-state index contributed by atoms with van der Waals surface area (Å²) in [5.74, 6) is 0.418. The van der Waals surface area contributed by atoms with E-state index in [0.29, 0.717) is 11.5 Å². The van der Waals surface area contributed by atoms with Crippen LogP contribution in [0, 0.1) is 6.92 Å². The zero-order valence-corrected chi connectivity index (χ0v) is 13.3. The van der Waals surface area contributed by atoms with Gasteiger partial charge < -0.3 is 4.57 Å². The van der Waals surface area contributed by atoms with Gasteiger partial charge in [0.1, 0.15) is 0 Å². The minimum absolute atomic E-state index is 0.148. The Morgan fingerprint density at radius 3 is 2.43 bits per heavy atom. The Balaban J connectivity index is 1.86. The second-order valence-electron chi connectivity index (χ2n) is 5.42. The fourth-order valence-corrected chi connectivity index (χ4v) is 2.38. The van der Waals surface area contributed by atoms with Crippen molar-refractivity contribution in [3.63, 3.8) is 0 Å². The molecule has 0 unspecified atom stereocenters. The zero-order chi connectivity index (χ0) is 16.2. The number of carbonyl (C=O) groups is 1. The van der Waals surface area contributed by atoms with Gasteiger partial charge in [-0.3, -0.25) is 10.1 Å². The van der Waals surface area contributed by atoms with Crippen LogP contribution in [0.15, 0.2) is 60.8 Å². The molecule has 0 radical (unpaired) electrons. The Hall–Kier alpha value is -2.88. The average Bonchev–Trinajstić information content (AvgIpc) is 2.99. The molecule has 3 rings (SSSR count). The van der Waals surface area contributed by atoms with E-state index in [1.807, 2.05) is 79.2 Å². The second-order valence-corrected chi connectivity index (χ2v) is 5.42. The van der Waals surface area contributed by atoms with E-state index in [-0.39, 0.29) is 5.91 Å². The number of carbonyl (C=O) groups excluding carboxylic acids is 1. The number of hydrogen-bond acceptors (Lipinski definition) is 2. The highest BCUT2D eigenvalue weighted by Gasteiger charge is 2.12. The zero-order valence-electron chi connectivity index (χ0n) is 13.3. The smallest absolute Gasteiger partial charge is 0.257 e. The normalized spacial score (nSPS) is 10.5. The number of aryl methyl sites for hydroxylation is 2. The van der Waals surface area contributed by atoms with Crippen molar-refractivity contribution in [3.05, 3.63) is 71.9 Å². The predicted molar refractivity (Wildman–Crippen MR) is 92.5 cm³/mol. The van der Waals surface area contributed by atoms with Gasteiger partial charge in [-0.2, -0.15) is 0 Å². The van der Waals surface area contributed by atoms with E-state index in [1.54, 1.807) is 0 Å². The van der Waals surface area contributed by atoms with E-state index in [9.17, 15) is 4.79 Å². The number of anilines is 1. The summed E-state index contributed by atoms with van der Waals surface area (Å²) in [6, 6.07) is 17.4. The lowest BCUT2D eigenvalue weighted by Crippen LogP contribution is -2.15. The Morgan fingerprint density at radius 2 is 1.78 bits per heavy atom. The number of aromatic nitrogens is 2. The van der Waals surface area contributed by atoms with Crippen molar-refractivity contribution < 1.29 is 4.79 Å². The first-order valence-electron chi connectivity index (χ1n) is 7.68. The molecule has 1 N–H and O–H groups in total. The highest BCUT2D eigenvalue weighted by Crippen LogP contribution is 2.21. The largest absolute Gasteiger partial charge is 0.317 e. The molecule has 0 bridgehead atoms. The van der Waals surface area contributed by atoms with Crippen LogP contribution in [0.25, 0.3) is 11.3 Å². The Bertz CT molecular complexity index is 804. The van der Waals surface area contributed by atoms with Crippen LogP contribution in [0.1, 0.15) is 22.8 Å². The van der Waals surface area contributed by atoms with Gasteiger partial charge in [0, 0.05) is 23.9 Å². The minimum atomic E-state index is -0.148. The molecule has 4 nitrogen and oxygen atoms in total. The minimum Gasteiger partial charge on any atom is -0.317 e. The average molecular weight is 305 g/mol. The SMILES string of the molecule is CCn1cc(-c2ccccc2)nc1NC(=O)c1ccc(C)cc1. The van der Waals surface area contributed by atoms with Crippen LogP contribution in [0.4, 0.5) is 5.95 Å². The quantitative estimate of drug-likeness (QED) is 0.787. The van der Waals surface area contributed by atoms with Crippen molar-refractivity contribution in [3.8, 4) is 11.3 Å². The number of benzene rings is 2. The molecule has 23 heavy (non-hydrogen) atoms. The van der Waals surface area contributed by atoms with E-state index in [4.69, 9.17) is 0 Å². The number of nitrogens with zero attached hydrogens (tertiary/aromatic N) is 2. The van der Waals surface area contributed by atoms with Crippen LogP contribution in [0.3, 0.4) is 0 Å². The van der Waals surface area contributed by atoms with Gasteiger partial charge in [0.2, 0.25) is 5.95 Å². The first kappa shape index (κ1) is 15.0. The standard InChI is InChI=1S/C19H19N3O/c1-3-22-13-17(15-7-5-4-6-8-15)20-19(22)21-18(23)16-11-9-14(2)10-12-16/h4-13H,3H2,1-2H3,(H,20,21,23). The van der Waals surface area contributed by atoms with Gasteiger partial charge in [-0.05, 0) is 26.0 Å². The molecule has 3 aromatic rings. The maximum absolute atomic E-state index is 12.4. The number of hydrogen-bond donors (Lipinski definition) is 1. The first-order valence-corrected chi connectivity index (χ1v) is 7.68. The van der Waals surface area contributed by atoms with Crippen molar-refractivity contribution in [2.75, 3.05) is 5.32 Å². The third kappa shape index (κ3) is 3.31. The highest BCUT2D eigenvalue weighted by molar-refractivity contribution is 6.03. The molecule has 2 aromatic carbocycles. The maximum Gasteiger partial charge on any atom is 0.257 e. The molecule has 0 saturated carbocycles. The molecule has 0 saturated heterocycles. The van der Waals surface area contributed by atoms with Crippen molar-refractivity contribution >= 4 is 11.9 Å². The van der Waals surface area contributed by atoms with Crippen LogP contribution in [0.5, 0.6) is 0 Å². The monoisotopic (exact) mass is 305 g/mol. The topological polar surface area (TPSA) is 46.9 Å². The van der Waals surface area contributed by atoms with Crippen LogP contribution >= 0.6 is 0 Å². The predicted octanol–water partition coefficient (Wildman–Crippen LogP) is 4.13. The molecule has 0 aliphatic heterocycles. The summed E-state index contributed by atoms with van der Waals surface area (Å²) in [7, 11) is 0. The van der Waals surface area contributed by atoms with Gasteiger partial charge >= 0.3 is 0 Å². The van der Waals surface area contributed by atoms with E-state index >= 15 is 0 Å². The van der Waals surface area contributed by atoms with E-state index in [1.165, 1.54) is 0 Å². The van der Waals surface area contributed by atoms with Crippen molar-refractivity contribution in [1.29, 1.82) is 0 Å². The Labute approximate surface area is 135 Å². The van der Waals surface area contributed by atoms with Crippen molar-refractivity contribution in [2.24, 2.45) is 0 Å². The van der Waals surface area contributed by atoms with Gasteiger partial charge in [0.05, 0.1) is 5.69 Å². The summed E-state index contributed by atoms with van der Waals surface area (Å²) in [5.41, 5.74) is 3.64. The van der Waals surface area contributed by atoms with Crippen molar-refractivity contribution in [1.82, 2.24) is 9.55 Å². The second kappa shape index (κ2) is 6.48. The molecule has 1 heterocycles. The number of rotatable bonds is 4. The summed E-state index contributed by atoms with van der Waals surface area (Å²) in [6.07, 6.45) is 1.96. The summed E-state index contributed by atoms with van der Waals surface area (Å²) in [4.78, 5) is 16.9. The van der Waals surface area contributed by atoms with E-state index < -0.39 is 0 Å². The molecule has 0 spiro atoms. The van der Waals surface area contributed by atoms with Crippen LogP contribution in [0.2, 0.25) is 0 Å². The van der Waals surface area contributed by atoms with Gasteiger partial charge in [-0.15, -0.1) is 0 Å². The Morgan fingerprint density at radius 1 is 1.09 bits per heavy atom. The molecular formula is C19H19N3O. The fraction of sp³-hybridized carbons (Fsp3) is 0.158. The van der Waals surface area contributed by atoms with Crippen LogP contribution < -0.4 is 5.32 Å². The summed E-state index contributed by atoms with van der Waals surface area (Å²) in [6.45, 7) is 4.76. The maximum atomic E-state index is 12.4. The third-order valence-corrected chi connectivity index (χ3v) is 3.73. The molecule has 1 amide bonds. The van der Waals surface area contributed by atoms with E-state index in [2.05, 4.69) is 10.3 Å². The molecule has 0 fully saturated rings. The molecule has 1 aromatic heterocycles. The summed E-state index contributed by atoms with van der Waals surface area (Å²) >= 11 is 0. The lowest BCUT2D eigenvalue weighted by molar-refractivity contribution is 0.102. The van der Waals surface area contributed by atoms with E-state index in [0.717, 1.165) is 23.4 Å². The first-order chi connectivity index (χ1) is 11.2. The number of nitrogens with one attached hydrogen (secondary N) is 1. The molecule has 0 aliphatic rings. The summed E-state index contributed by atoms with van der Waals surface area (Å²) < 4.78 is 1.94. The van der Waals surface area contributed by atoms with Crippen molar-refractivity contribution in [2.45, 2.75) is 20.4 Å². The van der Waals surface area contributed by atoms with Crippen LogP contribution in [-0.4, -0.2) is 15.5 Å². The van der Waals surface area contributed by atoms with Gasteiger partial charge in [-0.1, -0.05) is 48.0 Å². The molecular weight excluding hydrogens is 286 g/mol. The molecule has 0 atom stereocenters. The number of amides is 1. The van der Waals surface area contributed by atoms with Gasteiger partial charge in [0.25, 0.3) is 5.91 Å². The Kier molecular flexibility index (Phi) is 4.24.